The van der Waals surface area contributed by atoms with Crippen LogP contribution in [0.5, 0.6) is 0 Å². The maximum Gasteiger partial charge on any atom is 0.310 e. The summed E-state index contributed by atoms with van der Waals surface area (Å²) in [4.78, 5) is 27.6. The van der Waals surface area contributed by atoms with E-state index in [0.717, 1.165) is 5.01 Å². The second-order valence-electron chi connectivity index (χ2n) is 4.76. The Labute approximate surface area is 122 Å². The first-order valence-corrected chi connectivity index (χ1v) is 7.45. The van der Waals surface area contributed by atoms with Crippen LogP contribution in [0, 0.1) is 5.92 Å². The highest BCUT2D eigenvalue weighted by atomic mass is 32.1. The van der Waals surface area contributed by atoms with Crippen molar-refractivity contribution in [2.45, 2.75) is 33.3 Å². The number of rotatable bonds is 7. The van der Waals surface area contributed by atoms with Crippen LogP contribution < -0.4 is 11.1 Å². The molecule has 7 heteroatoms. The number of nitrogens with zero attached hydrogens (tertiary/aromatic N) is 1. The first-order chi connectivity index (χ1) is 9.43. The van der Waals surface area contributed by atoms with Crippen LogP contribution in [0.25, 0.3) is 0 Å². The van der Waals surface area contributed by atoms with Gasteiger partial charge in [-0.3, -0.25) is 9.59 Å². The summed E-state index contributed by atoms with van der Waals surface area (Å²) in [6, 6.07) is 0. The summed E-state index contributed by atoms with van der Waals surface area (Å²) >= 11 is 1.41. The van der Waals surface area contributed by atoms with Crippen LogP contribution in [0.2, 0.25) is 0 Å². The van der Waals surface area contributed by atoms with Crippen molar-refractivity contribution in [1.82, 2.24) is 10.3 Å². The van der Waals surface area contributed by atoms with E-state index in [0.29, 0.717) is 18.7 Å². The molecule has 112 valence electrons. The number of nitrogens with two attached hydrogens (primary N) is 1. The molecule has 6 nitrogen and oxygen atoms in total. The smallest absolute Gasteiger partial charge is 0.310 e. The zero-order valence-corrected chi connectivity index (χ0v) is 12.8. The molecule has 0 saturated carbocycles. The highest BCUT2D eigenvalue weighted by molar-refractivity contribution is 7.09. The number of carbonyl (C=O) groups is 2. The third-order valence-electron chi connectivity index (χ3n) is 2.47. The van der Waals surface area contributed by atoms with Gasteiger partial charge in [-0.1, -0.05) is 6.92 Å². The van der Waals surface area contributed by atoms with Gasteiger partial charge in [-0.25, -0.2) is 4.98 Å². The van der Waals surface area contributed by atoms with Crippen molar-refractivity contribution in [2.75, 3.05) is 13.1 Å². The van der Waals surface area contributed by atoms with Crippen molar-refractivity contribution in [3.63, 3.8) is 0 Å². The molecule has 0 radical (unpaired) electrons. The summed E-state index contributed by atoms with van der Waals surface area (Å²) in [6.07, 6.45) is 0.507. The van der Waals surface area contributed by atoms with Gasteiger partial charge in [-0.05, 0) is 20.4 Å². The fourth-order valence-corrected chi connectivity index (χ4v) is 2.22. The Morgan fingerprint density at radius 1 is 1.45 bits per heavy atom. The topological polar surface area (TPSA) is 94.3 Å². The summed E-state index contributed by atoms with van der Waals surface area (Å²) in [5.41, 5.74) is 5.80. The van der Waals surface area contributed by atoms with Crippen molar-refractivity contribution >= 4 is 23.2 Å². The number of esters is 1. The number of hydrogen-bond acceptors (Lipinski definition) is 6. The maximum atomic E-state index is 11.9. The molecule has 0 aliphatic rings. The van der Waals surface area contributed by atoms with E-state index in [-0.39, 0.29) is 30.4 Å². The monoisotopic (exact) mass is 299 g/mol. The quantitative estimate of drug-likeness (QED) is 0.731. The number of hydrogen-bond donors (Lipinski definition) is 2. The van der Waals surface area contributed by atoms with Crippen molar-refractivity contribution in [1.29, 1.82) is 0 Å². The number of carbonyl (C=O) groups excluding carboxylic acids is 2. The third-order valence-corrected chi connectivity index (χ3v) is 3.37. The van der Waals surface area contributed by atoms with Gasteiger partial charge >= 0.3 is 5.97 Å². The van der Waals surface area contributed by atoms with E-state index >= 15 is 0 Å². The zero-order valence-electron chi connectivity index (χ0n) is 12.0. The van der Waals surface area contributed by atoms with Gasteiger partial charge in [0, 0.05) is 18.3 Å². The molecule has 20 heavy (non-hydrogen) atoms. The maximum absolute atomic E-state index is 11.9. The van der Waals surface area contributed by atoms with Gasteiger partial charge in [-0.2, -0.15) is 0 Å². The SMILES string of the molecule is CC(C)OC(=O)C(C)CNC(=O)c1csc(CCN)n1. The summed E-state index contributed by atoms with van der Waals surface area (Å²) in [5, 5.41) is 5.21. The average Bonchev–Trinajstić information content (AvgIpc) is 2.83. The second kappa shape index (κ2) is 7.96. The lowest BCUT2D eigenvalue weighted by atomic mass is 10.2. The molecular weight excluding hydrogens is 278 g/mol. The molecule has 0 saturated heterocycles. The average molecular weight is 299 g/mol. The van der Waals surface area contributed by atoms with Crippen molar-refractivity contribution in [2.24, 2.45) is 11.7 Å². The van der Waals surface area contributed by atoms with E-state index in [4.69, 9.17) is 10.5 Å². The van der Waals surface area contributed by atoms with Crippen LogP contribution in [0.1, 0.15) is 36.3 Å². The molecule has 1 amide bonds. The summed E-state index contributed by atoms with van der Waals surface area (Å²) in [6.45, 7) is 6.03. The molecular formula is C13H21N3O3S. The number of amides is 1. The molecule has 3 N–H and O–H groups in total. The minimum atomic E-state index is -0.386. The molecule has 1 atom stereocenters. The minimum Gasteiger partial charge on any atom is -0.463 e. The predicted octanol–water partition coefficient (Wildman–Crippen LogP) is 0.962. The lowest BCUT2D eigenvalue weighted by molar-refractivity contribution is -0.151. The molecule has 1 rings (SSSR count). The van der Waals surface area contributed by atoms with Gasteiger partial charge in [0.2, 0.25) is 0 Å². The first-order valence-electron chi connectivity index (χ1n) is 6.57. The summed E-state index contributed by atoms with van der Waals surface area (Å²) < 4.78 is 5.07. The van der Waals surface area contributed by atoms with Gasteiger partial charge in [0.05, 0.1) is 17.0 Å². The lowest BCUT2D eigenvalue weighted by Crippen LogP contribution is -2.33. The van der Waals surface area contributed by atoms with Crippen LogP contribution in [-0.4, -0.2) is 36.1 Å². The molecule has 1 aromatic rings. The van der Waals surface area contributed by atoms with Crippen LogP contribution in [-0.2, 0) is 16.0 Å². The highest BCUT2D eigenvalue weighted by Gasteiger charge is 2.18. The molecule has 1 heterocycles. The van der Waals surface area contributed by atoms with Crippen LogP contribution >= 0.6 is 11.3 Å². The summed E-state index contributed by atoms with van der Waals surface area (Å²) in [7, 11) is 0. The Bertz CT molecular complexity index is 459. The Balaban J connectivity index is 2.43. The second-order valence-corrected chi connectivity index (χ2v) is 5.70. The summed E-state index contributed by atoms with van der Waals surface area (Å²) in [5.74, 6) is -0.986. The number of ether oxygens (including phenoxy) is 1. The van der Waals surface area contributed by atoms with Crippen molar-refractivity contribution in [3.8, 4) is 0 Å². The standard InChI is InChI=1S/C13H21N3O3S/c1-8(2)19-13(18)9(3)6-15-12(17)10-7-20-11(16-10)4-5-14/h7-9H,4-6,14H2,1-3H3,(H,15,17). The van der Waals surface area contributed by atoms with Crippen LogP contribution in [0.3, 0.4) is 0 Å². The molecule has 1 aromatic heterocycles. The Kier molecular flexibility index (Phi) is 6.60. The van der Waals surface area contributed by atoms with Gasteiger partial charge in [0.25, 0.3) is 5.91 Å². The first kappa shape index (κ1) is 16.6. The molecule has 0 fully saturated rings. The fraction of sp³-hybridized carbons (Fsp3) is 0.615. The van der Waals surface area contributed by atoms with E-state index in [9.17, 15) is 9.59 Å². The third kappa shape index (κ3) is 5.26. The van der Waals surface area contributed by atoms with Crippen molar-refractivity contribution < 1.29 is 14.3 Å². The normalized spacial score (nSPS) is 12.2. The van der Waals surface area contributed by atoms with E-state index in [1.807, 2.05) is 0 Å². The van der Waals surface area contributed by atoms with Gasteiger partial charge in [0.15, 0.2) is 0 Å². The molecule has 0 aliphatic heterocycles. The number of thiazole rings is 1. The van der Waals surface area contributed by atoms with E-state index in [2.05, 4.69) is 10.3 Å². The largest absolute Gasteiger partial charge is 0.463 e. The molecule has 0 spiro atoms. The molecule has 0 bridgehead atoms. The number of aromatic nitrogens is 1. The van der Waals surface area contributed by atoms with Crippen LogP contribution in [0.15, 0.2) is 5.38 Å². The Morgan fingerprint density at radius 3 is 2.75 bits per heavy atom. The molecule has 0 aliphatic carbocycles. The van der Waals surface area contributed by atoms with Gasteiger partial charge in [-0.15, -0.1) is 11.3 Å². The molecule has 1 unspecified atom stereocenters. The van der Waals surface area contributed by atoms with Crippen molar-refractivity contribution in [3.05, 3.63) is 16.1 Å². The lowest BCUT2D eigenvalue weighted by Gasteiger charge is -2.14. The fourth-order valence-electron chi connectivity index (χ4n) is 1.42. The van der Waals surface area contributed by atoms with E-state index in [1.54, 1.807) is 26.2 Å². The Morgan fingerprint density at radius 2 is 2.15 bits per heavy atom. The molecule has 0 aromatic carbocycles. The van der Waals surface area contributed by atoms with Gasteiger partial charge in [0.1, 0.15) is 5.69 Å². The van der Waals surface area contributed by atoms with Crippen LogP contribution in [0.4, 0.5) is 0 Å². The zero-order chi connectivity index (χ0) is 15.1. The van der Waals surface area contributed by atoms with E-state index in [1.165, 1.54) is 11.3 Å². The predicted molar refractivity (Wildman–Crippen MR) is 77.6 cm³/mol. The Hall–Kier alpha value is -1.47. The van der Waals surface area contributed by atoms with Gasteiger partial charge < -0.3 is 15.8 Å². The number of nitrogens with one attached hydrogen (secondary N) is 1. The minimum absolute atomic E-state index is 0.155. The highest BCUT2D eigenvalue weighted by Crippen LogP contribution is 2.10. The van der Waals surface area contributed by atoms with E-state index < -0.39 is 0 Å².